The molecule has 1 saturated carbocycles. The van der Waals surface area contributed by atoms with E-state index in [2.05, 4.69) is 19.2 Å². The summed E-state index contributed by atoms with van der Waals surface area (Å²) in [5, 5.41) is 0. The summed E-state index contributed by atoms with van der Waals surface area (Å²) >= 11 is 0. The number of hydrogen-bond donors (Lipinski definition) is 0. The molecule has 3 nitrogen and oxygen atoms in total. The van der Waals surface area contributed by atoms with Gasteiger partial charge in [-0.2, -0.15) is 0 Å². The van der Waals surface area contributed by atoms with Crippen LogP contribution >= 0.6 is 0 Å². The molecule has 0 heterocycles. The molecule has 1 fully saturated rings. The standard InChI is InChI=1S/C23H28O3/c1-6-17-13-18(23-19(24)9-7-15(4)22(17)23)11-16-8-10-20(25-5)21(12-16)26-14(2)3/h6-10,12,14,17-18,22-23H,1,4,11,13H2,2-3,5H3/t17-,18+,22+,23+/m1/s1. The third-order valence-corrected chi connectivity index (χ3v) is 5.54. The van der Waals surface area contributed by atoms with Crippen LogP contribution in [-0.2, 0) is 11.2 Å². The fourth-order valence-electron chi connectivity index (χ4n) is 4.48. The highest BCUT2D eigenvalue weighted by Gasteiger charge is 2.46. The highest BCUT2D eigenvalue weighted by Crippen LogP contribution is 2.49. The van der Waals surface area contributed by atoms with Crippen LogP contribution in [0, 0.1) is 23.7 Å². The van der Waals surface area contributed by atoms with Gasteiger partial charge in [-0.05, 0) is 68.2 Å². The number of hydrogen-bond acceptors (Lipinski definition) is 3. The predicted molar refractivity (Wildman–Crippen MR) is 105 cm³/mol. The molecular formula is C23H28O3. The van der Waals surface area contributed by atoms with Crippen LogP contribution < -0.4 is 9.47 Å². The maximum Gasteiger partial charge on any atom is 0.161 e. The van der Waals surface area contributed by atoms with E-state index in [0.717, 1.165) is 29.9 Å². The third-order valence-electron chi connectivity index (χ3n) is 5.54. The van der Waals surface area contributed by atoms with E-state index in [1.54, 1.807) is 13.2 Å². The quantitative estimate of drug-likeness (QED) is 0.692. The van der Waals surface area contributed by atoms with Crippen LogP contribution in [0.1, 0.15) is 25.8 Å². The van der Waals surface area contributed by atoms with E-state index < -0.39 is 0 Å². The first-order valence-electron chi connectivity index (χ1n) is 9.31. The molecule has 0 saturated heterocycles. The molecule has 2 aliphatic carbocycles. The minimum atomic E-state index is 0.00655. The van der Waals surface area contributed by atoms with E-state index in [1.165, 1.54) is 5.56 Å². The average molecular weight is 352 g/mol. The Morgan fingerprint density at radius 3 is 2.65 bits per heavy atom. The Morgan fingerprint density at radius 1 is 1.23 bits per heavy atom. The van der Waals surface area contributed by atoms with Gasteiger partial charge < -0.3 is 9.47 Å². The van der Waals surface area contributed by atoms with Gasteiger partial charge in [-0.3, -0.25) is 4.79 Å². The smallest absolute Gasteiger partial charge is 0.161 e. The lowest BCUT2D eigenvalue weighted by Gasteiger charge is -2.28. The zero-order valence-electron chi connectivity index (χ0n) is 15.9. The van der Waals surface area contributed by atoms with E-state index in [-0.39, 0.29) is 29.6 Å². The molecule has 26 heavy (non-hydrogen) atoms. The molecule has 1 aromatic rings. The highest BCUT2D eigenvalue weighted by molar-refractivity contribution is 5.94. The van der Waals surface area contributed by atoms with E-state index in [9.17, 15) is 4.79 Å². The van der Waals surface area contributed by atoms with Crippen molar-refractivity contribution in [2.24, 2.45) is 23.7 Å². The molecule has 2 aliphatic rings. The molecule has 4 atom stereocenters. The van der Waals surface area contributed by atoms with Gasteiger partial charge in [-0.25, -0.2) is 0 Å². The first kappa shape index (κ1) is 18.5. The summed E-state index contributed by atoms with van der Waals surface area (Å²) in [6, 6.07) is 6.07. The average Bonchev–Trinajstić information content (AvgIpc) is 2.97. The van der Waals surface area contributed by atoms with Crippen molar-refractivity contribution in [3.8, 4) is 11.5 Å². The van der Waals surface area contributed by atoms with Crippen molar-refractivity contribution in [3.05, 3.63) is 60.7 Å². The van der Waals surface area contributed by atoms with Crippen molar-refractivity contribution < 1.29 is 14.3 Å². The Labute approximate surface area is 156 Å². The van der Waals surface area contributed by atoms with Crippen molar-refractivity contribution in [2.75, 3.05) is 7.11 Å². The zero-order chi connectivity index (χ0) is 18.8. The highest BCUT2D eigenvalue weighted by atomic mass is 16.5. The van der Waals surface area contributed by atoms with E-state index in [4.69, 9.17) is 9.47 Å². The molecule has 0 aromatic heterocycles. The van der Waals surface area contributed by atoms with Crippen LogP contribution in [0.5, 0.6) is 11.5 Å². The number of carbonyl (C=O) groups is 1. The lowest BCUT2D eigenvalue weighted by molar-refractivity contribution is -0.120. The second kappa shape index (κ2) is 7.53. The molecule has 0 radical (unpaired) electrons. The first-order chi connectivity index (χ1) is 12.4. The number of methoxy groups -OCH3 is 1. The summed E-state index contributed by atoms with van der Waals surface area (Å²) in [6.45, 7) is 12.2. The van der Waals surface area contributed by atoms with E-state index in [0.29, 0.717) is 5.92 Å². The van der Waals surface area contributed by atoms with Gasteiger partial charge in [0.05, 0.1) is 13.2 Å². The maximum atomic E-state index is 12.6. The lowest BCUT2D eigenvalue weighted by atomic mass is 9.75. The summed E-state index contributed by atoms with van der Waals surface area (Å²) in [5.41, 5.74) is 2.23. The van der Waals surface area contributed by atoms with Crippen molar-refractivity contribution in [1.29, 1.82) is 0 Å². The summed E-state index contributed by atoms with van der Waals surface area (Å²) in [5.74, 6) is 2.53. The van der Waals surface area contributed by atoms with E-state index >= 15 is 0 Å². The number of carbonyl (C=O) groups excluding carboxylic acids is 1. The topological polar surface area (TPSA) is 35.5 Å². The Bertz CT molecular complexity index is 744. The van der Waals surface area contributed by atoms with Crippen molar-refractivity contribution in [2.45, 2.75) is 32.8 Å². The van der Waals surface area contributed by atoms with Gasteiger partial charge in [0, 0.05) is 5.92 Å². The summed E-state index contributed by atoms with van der Waals surface area (Å²) in [7, 11) is 1.65. The Hall–Kier alpha value is -2.29. The lowest BCUT2D eigenvalue weighted by Crippen LogP contribution is -2.29. The van der Waals surface area contributed by atoms with Crippen LogP contribution in [0.15, 0.2) is 55.2 Å². The van der Waals surface area contributed by atoms with Crippen LogP contribution in [-0.4, -0.2) is 19.0 Å². The molecule has 0 aliphatic heterocycles. The maximum absolute atomic E-state index is 12.6. The number of fused-ring (bicyclic) bond motifs is 1. The fourth-order valence-corrected chi connectivity index (χ4v) is 4.48. The number of allylic oxidation sites excluding steroid dienone is 4. The predicted octanol–water partition coefficient (Wildman–Crippen LogP) is 4.77. The molecule has 0 bridgehead atoms. The number of ketones is 1. The Morgan fingerprint density at radius 2 is 2.00 bits per heavy atom. The van der Waals surface area contributed by atoms with Gasteiger partial charge in [0.15, 0.2) is 17.3 Å². The number of rotatable bonds is 6. The van der Waals surface area contributed by atoms with Crippen molar-refractivity contribution in [3.63, 3.8) is 0 Å². The Kier molecular flexibility index (Phi) is 5.36. The monoisotopic (exact) mass is 352 g/mol. The normalized spacial score (nSPS) is 27.5. The summed E-state index contributed by atoms with van der Waals surface area (Å²) in [4.78, 5) is 12.6. The first-order valence-corrected chi connectivity index (χ1v) is 9.31. The Balaban J connectivity index is 1.86. The number of ether oxygens (including phenoxy) is 2. The third kappa shape index (κ3) is 3.48. The summed E-state index contributed by atoms with van der Waals surface area (Å²) in [6.07, 6.45) is 7.46. The van der Waals surface area contributed by atoms with Gasteiger partial charge in [0.2, 0.25) is 0 Å². The van der Waals surface area contributed by atoms with Crippen LogP contribution in [0.4, 0.5) is 0 Å². The molecule has 138 valence electrons. The molecule has 0 spiro atoms. The molecule has 3 rings (SSSR count). The van der Waals surface area contributed by atoms with E-state index in [1.807, 2.05) is 38.1 Å². The van der Waals surface area contributed by atoms with Gasteiger partial charge in [0.25, 0.3) is 0 Å². The molecule has 0 unspecified atom stereocenters. The largest absolute Gasteiger partial charge is 0.493 e. The zero-order valence-corrected chi connectivity index (χ0v) is 15.9. The van der Waals surface area contributed by atoms with Crippen LogP contribution in [0.25, 0.3) is 0 Å². The second-order valence-corrected chi connectivity index (χ2v) is 7.61. The molecule has 3 heteroatoms. The van der Waals surface area contributed by atoms with Gasteiger partial charge in [0.1, 0.15) is 0 Å². The fraction of sp³-hybridized carbons (Fsp3) is 0.435. The second-order valence-electron chi connectivity index (χ2n) is 7.61. The van der Waals surface area contributed by atoms with Crippen LogP contribution in [0.3, 0.4) is 0 Å². The van der Waals surface area contributed by atoms with Crippen molar-refractivity contribution in [1.82, 2.24) is 0 Å². The van der Waals surface area contributed by atoms with Gasteiger partial charge in [-0.1, -0.05) is 30.4 Å². The molecule has 0 amide bonds. The molecular weight excluding hydrogens is 324 g/mol. The van der Waals surface area contributed by atoms with Crippen molar-refractivity contribution >= 4 is 5.78 Å². The number of benzene rings is 1. The minimum Gasteiger partial charge on any atom is -0.493 e. The SMILES string of the molecule is C=C[C@@H]1C[C@H](Cc2ccc(OC)c(OC(C)C)c2)[C@H]2C(=O)C=CC(=C)[C@H]21. The molecule has 1 aromatic carbocycles. The van der Waals surface area contributed by atoms with Gasteiger partial charge in [-0.15, -0.1) is 6.58 Å². The molecule has 0 N–H and O–H groups in total. The van der Waals surface area contributed by atoms with Crippen LogP contribution in [0.2, 0.25) is 0 Å². The van der Waals surface area contributed by atoms with Gasteiger partial charge >= 0.3 is 0 Å². The summed E-state index contributed by atoms with van der Waals surface area (Å²) < 4.78 is 11.3. The minimum absolute atomic E-state index is 0.00655.